The minimum Gasteiger partial charge on any atom is -0.487 e. The van der Waals surface area contributed by atoms with E-state index in [4.69, 9.17) is 4.74 Å². The number of hydrogen-bond donors (Lipinski definition) is 0. The van der Waals surface area contributed by atoms with Crippen LogP contribution < -0.4 is 4.74 Å². The van der Waals surface area contributed by atoms with E-state index in [9.17, 15) is 19.7 Å². The van der Waals surface area contributed by atoms with Gasteiger partial charge in [-0.15, -0.1) is 0 Å². The molecule has 0 fully saturated rings. The molecule has 0 saturated carbocycles. The number of nitro benzene ring substituents is 1. The lowest BCUT2D eigenvalue weighted by atomic mass is 10.1. The molecule has 0 bridgehead atoms. The number of benzene rings is 1. The summed E-state index contributed by atoms with van der Waals surface area (Å²) in [5, 5.41) is 10.8. The lowest BCUT2D eigenvalue weighted by Gasteiger charge is -2.08. The molecule has 17 heavy (non-hydrogen) atoms. The fraction of sp³-hybridized carbons (Fsp3) is 0.273. The highest BCUT2D eigenvalue weighted by Crippen LogP contribution is 2.31. The van der Waals surface area contributed by atoms with Crippen LogP contribution in [0, 0.1) is 10.1 Å². The molecule has 6 nitrogen and oxygen atoms in total. The van der Waals surface area contributed by atoms with E-state index in [-0.39, 0.29) is 35.0 Å². The molecular weight excluding hydrogens is 226 g/mol. The van der Waals surface area contributed by atoms with Gasteiger partial charge in [-0.1, -0.05) is 0 Å². The second-order valence-corrected chi connectivity index (χ2v) is 3.28. The Morgan fingerprint density at radius 2 is 2.18 bits per heavy atom. The van der Waals surface area contributed by atoms with Gasteiger partial charge >= 0.3 is 5.69 Å². The minimum atomic E-state index is -0.676. The van der Waals surface area contributed by atoms with Crippen molar-refractivity contribution < 1.29 is 19.2 Å². The van der Waals surface area contributed by atoms with E-state index in [1.807, 2.05) is 0 Å². The van der Waals surface area contributed by atoms with E-state index < -0.39 is 4.92 Å². The molecule has 0 saturated heterocycles. The summed E-state index contributed by atoms with van der Waals surface area (Å²) in [4.78, 5) is 32.2. The Kier molecular flexibility index (Phi) is 3.92. The van der Waals surface area contributed by atoms with Crippen molar-refractivity contribution in [1.29, 1.82) is 0 Å². The van der Waals surface area contributed by atoms with E-state index in [1.54, 1.807) is 6.92 Å². The molecule has 0 atom stereocenters. The predicted octanol–water partition coefficient (Wildman–Crippen LogP) is 2.01. The highest BCUT2D eigenvalue weighted by molar-refractivity contribution is 5.97. The smallest absolute Gasteiger partial charge is 0.312 e. The zero-order chi connectivity index (χ0) is 13.0. The van der Waals surface area contributed by atoms with Crippen molar-refractivity contribution in [3.63, 3.8) is 0 Å². The first-order valence-corrected chi connectivity index (χ1v) is 4.92. The molecule has 1 aromatic carbocycles. The van der Waals surface area contributed by atoms with E-state index in [0.717, 1.165) is 6.07 Å². The van der Waals surface area contributed by atoms with Gasteiger partial charge in [-0.05, 0) is 19.9 Å². The summed E-state index contributed by atoms with van der Waals surface area (Å²) in [5.74, 6) is -0.447. The number of nitrogens with zero attached hydrogens (tertiary/aromatic N) is 1. The number of ketones is 1. The maximum Gasteiger partial charge on any atom is 0.312 e. The zero-order valence-corrected chi connectivity index (χ0v) is 9.43. The highest BCUT2D eigenvalue weighted by Gasteiger charge is 2.22. The molecule has 0 aliphatic carbocycles. The number of hydrogen-bond acceptors (Lipinski definition) is 5. The molecule has 0 amide bonds. The number of nitro groups is 1. The lowest BCUT2D eigenvalue weighted by molar-refractivity contribution is -0.385. The Bertz CT molecular complexity index is 481. The molecule has 0 aliphatic rings. The first kappa shape index (κ1) is 12.8. The van der Waals surface area contributed by atoms with Crippen molar-refractivity contribution >= 4 is 17.8 Å². The Balaban J connectivity index is 3.50. The summed E-state index contributed by atoms with van der Waals surface area (Å²) in [6, 6.07) is 2.40. The van der Waals surface area contributed by atoms with Crippen LogP contribution in [0.1, 0.15) is 34.6 Å². The topological polar surface area (TPSA) is 86.5 Å². The third-order valence-electron chi connectivity index (χ3n) is 2.12. The van der Waals surface area contributed by atoms with Gasteiger partial charge in [0, 0.05) is 11.6 Å². The van der Waals surface area contributed by atoms with Gasteiger partial charge in [0.05, 0.1) is 17.1 Å². The standard InChI is InChI=1S/C11H11NO5/c1-3-17-11-9(6-13)4-8(7(2)14)5-10(11)12(15)16/h4-6H,3H2,1-2H3. The van der Waals surface area contributed by atoms with Crippen molar-refractivity contribution in [1.82, 2.24) is 0 Å². The Morgan fingerprint density at radius 1 is 1.53 bits per heavy atom. The lowest BCUT2D eigenvalue weighted by Crippen LogP contribution is -2.04. The Hall–Kier alpha value is -2.24. The summed E-state index contributed by atoms with van der Waals surface area (Å²) < 4.78 is 5.07. The molecule has 0 aromatic heterocycles. The number of ether oxygens (including phenoxy) is 1. The van der Waals surface area contributed by atoms with Gasteiger partial charge in [0.2, 0.25) is 5.75 Å². The van der Waals surface area contributed by atoms with Crippen LogP contribution in [0.4, 0.5) is 5.69 Å². The summed E-state index contributed by atoms with van der Waals surface area (Å²) in [7, 11) is 0. The van der Waals surface area contributed by atoms with Crippen LogP contribution in [0.5, 0.6) is 5.75 Å². The van der Waals surface area contributed by atoms with Crippen LogP contribution in [0.2, 0.25) is 0 Å². The largest absolute Gasteiger partial charge is 0.487 e. The first-order valence-electron chi connectivity index (χ1n) is 4.92. The Labute approximate surface area is 97.3 Å². The normalized spacial score (nSPS) is 9.76. The third-order valence-corrected chi connectivity index (χ3v) is 2.12. The summed E-state index contributed by atoms with van der Waals surface area (Å²) in [6.45, 7) is 3.12. The van der Waals surface area contributed by atoms with Gasteiger partial charge in [-0.2, -0.15) is 0 Å². The zero-order valence-electron chi connectivity index (χ0n) is 9.43. The molecule has 6 heteroatoms. The fourth-order valence-corrected chi connectivity index (χ4v) is 1.36. The fourth-order valence-electron chi connectivity index (χ4n) is 1.36. The minimum absolute atomic E-state index is 0.00579. The van der Waals surface area contributed by atoms with Crippen LogP contribution in [-0.4, -0.2) is 23.6 Å². The van der Waals surface area contributed by atoms with E-state index in [0.29, 0.717) is 6.29 Å². The summed E-state index contributed by atoms with van der Waals surface area (Å²) in [5.41, 5.74) is -0.254. The van der Waals surface area contributed by atoms with E-state index >= 15 is 0 Å². The molecule has 90 valence electrons. The number of Topliss-reactive ketones (excluding diaryl/α,β-unsaturated/α-hetero) is 1. The molecule has 1 rings (SSSR count). The van der Waals surface area contributed by atoms with Crippen LogP contribution in [0.15, 0.2) is 12.1 Å². The second kappa shape index (κ2) is 5.20. The number of rotatable bonds is 5. The third kappa shape index (κ3) is 2.66. The van der Waals surface area contributed by atoms with Gasteiger partial charge in [-0.25, -0.2) is 0 Å². The Morgan fingerprint density at radius 3 is 2.59 bits per heavy atom. The van der Waals surface area contributed by atoms with Crippen molar-refractivity contribution in [2.24, 2.45) is 0 Å². The average Bonchev–Trinajstić information content (AvgIpc) is 2.28. The monoisotopic (exact) mass is 237 g/mol. The molecule has 0 heterocycles. The van der Waals surface area contributed by atoms with Gasteiger partial charge in [0.15, 0.2) is 12.1 Å². The quantitative estimate of drug-likeness (QED) is 0.338. The van der Waals surface area contributed by atoms with Gasteiger partial charge in [0.25, 0.3) is 0 Å². The molecule has 0 aliphatic heterocycles. The number of carbonyl (C=O) groups is 2. The van der Waals surface area contributed by atoms with Gasteiger partial charge in [-0.3, -0.25) is 19.7 Å². The van der Waals surface area contributed by atoms with Crippen LogP contribution in [-0.2, 0) is 0 Å². The van der Waals surface area contributed by atoms with Crippen molar-refractivity contribution in [3.05, 3.63) is 33.4 Å². The van der Waals surface area contributed by atoms with Gasteiger partial charge < -0.3 is 4.74 Å². The number of aldehydes is 1. The van der Waals surface area contributed by atoms with Crippen LogP contribution in [0.25, 0.3) is 0 Å². The molecule has 0 spiro atoms. The summed E-state index contributed by atoms with van der Waals surface area (Å²) >= 11 is 0. The van der Waals surface area contributed by atoms with Crippen LogP contribution >= 0.6 is 0 Å². The predicted molar refractivity (Wildman–Crippen MR) is 59.7 cm³/mol. The van der Waals surface area contributed by atoms with Crippen LogP contribution in [0.3, 0.4) is 0 Å². The molecule has 0 N–H and O–H groups in total. The highest BCUT2D eigenvalue weighted by atomic mass is 16.6. The SMILES string of the molecule is CCOc1c(C=O)cc(C(C)=O)cc1[N+](=O)[O-]. The number of carbonyl (C=O) groups excluding carboxylic acids is 2. The molecular formula is C11H11NO5. The van der Waals surface area contributed by atoms with Crippen molar-refractivity contribution in [2.45, 2.75) is 13.8 Å². The second-order valence-electron chi connectivity index (χ2n) is 3.28. The molecule has 0 unspecified atom stereocenters. The van der Waals surface area contributed by atoms with Crippen molar-refractivity contribution in [2.75, 3.05) is 6.61 Å². The maximum atomic E-state index is 11.2. The molecule has 1 aromatic rings. The van der Waals surface area contributed by atoms with Crippen molar-refractivity contribution in [3.8, 4) is 5.75 Å². The van der Waals surface area contributed by atoms with E-state index in [2.05, 4.69) is 0 Å². The maximum absolute atomic E-state index is 11.2. The van der Waals surface area contributed by atoms with E-state index in [1.165, 1.54) is 13.0 Å². The van der Waals surface area contributed by atoms with Gasteiger partial charge in [0.1, 0.15) is 0 Å². The average molecular weight is 237 g/mol. The molecule has 0 radical (unpaired) electrons. The first-order chi connectivity index (χ1) is 8.01. The summed E-state index contributed by atoms with van der Waals surface area (Å²) in [6.07, 6.45) is 0.435.